The van der Waals surface area contributed by atoms with Crippen molar-refractivity contribution in [3.05, 3.63) is 29.3 Å². The minimum absolute atomic E-state index is 0.104. The molecular formula is C11H12O3. The van der Waals surface area contributed by atoms with Crippen LogP contribution in [0.2, 0.25) is 0 Å². The number of benzene rings is 1. The minimum Gasteiger partial charge on any atom is -0.497 e. The third kappa shape index (κ3) is 1.30. The van der Waals surface area contributed by atoms with Crippen LogP contribution < -0.4 is 4.74 Å². The van der Waals surface area contributed by atoms with E-state index in [-0.39, 0.29) is 11.9 Å². The zero-order valence-corrected chi connectivity index (χ0v) is 8.24. The first-order valence-electron chi connectivity index (χ1n) is 4.50. The van der Waals surface area contributed by atoms with Gasteiger partial charge in [0.05, 0.1) is 13.2 Å². The predicted octanol–water partition coefficient (Wildman–Crippen LogP) is 1.97. The Morgan fingerprint density at radius 3 is 2.79 bits per heavy atom. The van der Waals surface area contributed by atoms with Crippen molar-refractivity contribution in [1.29, 1.82) is 0 Å². The van der Waals surface area contributed by atoms with Crippen molar-refractivity contribution in [2.45, 2.75) is 12.5 Å². The molecule has 1 aliphatic rings. The van der Waals surface area contributed by atoms with Crippen LogP contribution in [0, 0.1) is 0 Å². The van der Waals surface area contributed by atoms with Crippen molar-refractivity contribution >= 4 is 5.78 Å². The summed E-state index contributed by atoms with van der Waals surface area (Å²) >= 11 is 0. The summed E-state index contributed by atoms with van der Waals surface area (Å²) in [4.78, 5) is 11.5. The molecule has 1 aliphatic carbocycles. The van der Waals surface area contributed by atoms with Gasteiger partial charge in [-0.1, -0.05) is 0 Å². The summed E-state index contributed by atoms with van der Waals surface area (Å²) in [6.07, 6.45) is 0.339. The van der Waals surface area contributed by atoms with E-state index < -0.39 is 0 Å². The summed E-state index contributed by atoms with van der Waals surface area (Å²) in [6.45, 7) is 0. The van der Waals surface area contributed by atoms with Gasteiger partial charge in [-0.15, -0.1) is 0 Å². The van der Waals surface area contributed by atoms with E-state index in [9.17, 15) is 4.79 Å². The van der Waals surface area contributed by atoms with Gasteiger partial charge in [-0.3, -0.25) is 4.79 Å². The lowest BCUT2D eigenvalue weighted by Crippen LogP contribution is -1.96. The Morgan fingerprint density at radius 2 is 2.14 bits per heavy atom. The van der Waals surface area contributed by atoms with Gasteiger partial charge in [-0.2, -0.15) is 0 Å². The highest BCUT2D eigenvalue weighted by Crippen LogP contribution is 2.35. The lowest BCUT2D eigenvalue weighted by Gasteiger charge is -2.08. The quantitative estimate of drug-likeness (QED) is 0.718. The Labute approximate surface area is 82.6 Å². The van der Waals surface area contributed by atoms with E-state index in [1.165, 1.54) is 0 Å². The Balaban J connectivity index is 2.47. The van der Waals surface area contributed by atoms with Gasteiger partial charge in [0.25, 0.3) is 0 Å². The second-order valence-electron chi connectivity index (χ2n) is 3.30. The monoisotopic (exact) mass is 192 g/mol. The van der Waals surface area contributed by atoms with Crippen LogP contribution in [0.1, 0.15) is 28.4 Å². The number of methoxy groups -OCH3 is 2. The molecule has 2 rings (SSSR count). The van der Waals surface area contributed by atoms with E-state index in [0.717, 1.165) is 16.9 Å². The van der Waals surface area contributed by atoms with Gasteiger partial charge in [0.15, 0.2) is 5.78 Å². The van der Waals surface area contributed by atoms with Crippen molar-refractivity contribution in [1.82, 2.24) is 0 Å². The van der Waals surface area contributed by atoms with Gasteiger partial charge in [0, 0.05) is 19.1 Å². The fraction of sp³-hybridized carbons (Fsp3) is 0.364. The van der Waals surface area contributed by atoms with Crippen LogP contribution in [0.5, 0.6) is 5.75 Å². The smallest absolute Gasteiger partial charge is 0.166 e. The van der Waals surface area contributed by atoms with Crippen molar-refractivity contribution < 1.29 is 14.3 Å². The van der Waals surface area contributed by atoms with Crippen molar-refractivity contribution in [3.8, 4) is 5.75 Å². The van der Waals surface area contributed by atoms with Gasteiger partial charge in [-0.05, 0) is 23.8 Å². The fourth-order valence-electron chi connectivity index (χ4n) is 1.79. The maximum absolute atomic E-state index is 11.5. The number of carbonyl (C=O) groups excluding carboxylic acids is 1. The van der Waals surface area contributed by atoms with Crippen LogP contribution >= 0.6 is 0 Å². The van der Waals surface area contributed by atoms with E-state index in [4.69, 9.17) is 9.47 Å². The number of carbonyl (C=O) groups is 1. The highest BCUT2D eigenvalue weighted by atomic mass is 16.5. The molecule has 1 aromatic rings. The maximum Gasteiger partial charge on any atom is 0.166 e. The van der Waals surface area contributed by atoms with E-state index >= 15 is 0 Å². The zero-order valence-electron chi connectivity index (χ0n) is 8.24. The lowest BCUT2D eigenvalue weighted by atomic mass is 10.1. The third-order valence-corrected chi connectivity index (χ3v) is 2.56. The largest absolute Gasteiger partial charge is 0.497 e. The molecule has 1 unspecified atom stereocenters. The first kappa shape index (κ1) is 9.21. The molecule has 0 N–H and O–H groups in total. The maximum atomic E-state index is 11.5. The van der Waals surface area contributed by atoms with E-state index in [2.05, 4.69) is 0 Å². The normalized spacial score (nSPS) is 19.6. The Bertz CT molecular complexity index is 371. The highest BCUT2D eigenvalue weighted by molar-refractivity contribution is 6.01. The van der Waals surface area contributed by atoms with Gasteiger partial charge in [-0.25, -0.2) is 0 Å². The van der Waals surface area contributed by atoms with E-state index in [1.54, 1.807) is 26.4 Å². The van der Waals surface area contributed by atoms with Crippen molar-refractivity contribution in [2.24, 2.45) is 0 Å². The number of Topliss-reactive ketones (excluding diaryl/α,β-unsaturated/α-hetero) is 1. The van der Waals surface area contributed by atoms with Crippen LogP contribution in [0.15, 0.2) is 18.2 Å². The van der Waals surface area contributed by atoms with E-state index in [1.807, 2.05) is 6.07 Å². The molecule has 0 saturated carbocycles. The minimum atomic E-state index is -0.104. The predicted molar refractivity (Wildman–Crippen MR) is 51.7 cm³/mol. The van der Waals surface area contributed by atoms with Crippen molar-refractivity contribution in [3.63, 3.8) is 0 Å². The molecule has 0 spiro atoms. The van der Waals surface area contributed by atoms with Crippen LogP contribution in [-0.4, -0.2) is 20.0 Å². The third-order valence-electron chi connectivity index (χ3n) is 2.56. The lowest BCUT2D eigenvalue weighted by molar-refractivity contribution is 0.0811. The molecule has 0 aromatic heterocycles. The van der Waals surface area contributed by atoms with Gasteiger partial charge < -0.3 is 9.47 Å². The number of rotatable bonds is 2. The van der Waals surface area contributed by atoms with Crippen LogP contribution in [0.25, 0.3) is 0 Å². The summed E-state index contributed by atoms with van der Waals surface area (Å²) in [5.74, 6) is 0.912. The Hall–Kier alpha value is -1.35. The van der Waals surface area contributed by atoms with Crippen LogP contribution in [-0.2, 0) is 4.74 Å². The summed E-state index contributed by atoms with van der Waals surface area (Å²) in [6, 6.07) is 5.47. The molecule has 0 saturated heterocycles. The fourth-order valence-corrected chi connectivity index (χ4v) is 1.79. The average Bonchev–Trinajstić information content (AvgIpc) is 2.55. The summed E-state index contributed by atoms with van der Waals surface area (Å²) in [5.41, 5.74) is 1.70. The van der Waals surface area contributed by atoms with Gasteiger partial charge in [0.1, 0.15) is 5.75 Å². The summed E-state index contributed by atoms with van der Waals surface area (Å²) < 4.78 is 10.3. The molecule has 0 radical (unpaired) electrons. The SMILES string of the molecule is COc1ccc2c(c1)C(OC)CC2=O. The molecule has 74 valence electrons. The molecule has 0 aliphatic heterocycles. The Kier molecular flexibility index (Phi) is 2.25. The topological polar surface area (TPSA) is 35.5 Å². The highest BCUT2D eigenvalue weighted by Gasteiger charge is 2.29. The zero-order chi connectivity index (χ0) is 10.1. The van der Waals surface area contributed by atoms with Crippen LogP contribution in [0.4, 0.5) is 0 Å². The number of fused-ring (bicyclic) bond motifs is 1. The summed E-state index contributed by atoms with van der Waals surface area (Å²) in [5, 5.41) is 0. The van der Waals surface area contributed by atoms with Gasteiger partial charge in [0.2, 0.25) is 0 Å². The second-order valence-corrected chi connectivity index (χ2v) is 3.30. The standard InChI is InChI=1S/C11H12O3/c1-13-7-3-4-8-9(5-7)11(14-2)6-10(8)12/h3-5,11H,6H2,1-2H3. The molecule has 0 amide bonds. The molecule has 0 heterocycles. The average molecular weight is 192 g/mol. The molecule has 1 atom stereocenters. The Morgan fingerprint density at radius 1 is 1.36 bits per heavy atom. The first-order chi connectivity index (χ1) is 6.76. The van der Waals surface area contributed by atoms with Crippen LogP contribution in [0.3, 0.4) is 0 Å². The molecule has 14 heavy (non-hydrogen) atoms. The van der Waals surface area contributed by atoms with E-state index in [0.29, 0.717) is 6.42 Å². The summed E-state index contributed by atoms with van der Waals surface area (Å²) in [7, 11) is 3.23. The molecular weight excluding hydrogens is 180 g/mol. The molecule has 3 nitrogen and oxygen atoms in total. The number of hydrogen-bond acceptors (Lipinski definition) is 3. The number of hydrogen-bond donors (Lipinski definition) is 0. The molecule has 3 heteroatoms. The van der Waals surface area contributed by atoms with Gasteiger partial charge >= 0.3 is 0 Å². The first-order valence-corrected chi connectivity index (χ1v) is 4.50. The van der Waals surface area contributed by atoms with Crippen molar-refractivity contribution in [2.75, 3.05) is 14.2 Å². The number of ether oxygens (including phenoxy) is 2. The molecule has 0 bridgehead atoms. The number of ketones is 1. The second kappa shape index (κ2) is 3.42. The molecule has 0 fully saturated rings. The molecule has 1 aromatic carbocycles.